The highest BCUT2D eigenvalue weighted by Gasteiger charge is 2.23. The van der Waals surface area contributed by atoms with Crippen molar-refractivity contribution in [3.8, 4) is 6.07 Å². The van der Waals surface area contributed by atoms with Gasteiger partial charge in [-0.25, -0.2) is 0 Å². The Balaban J connectivity index is 2.42. The summed E-state index contributed by atoms with van der Waals surface area (Å²) in [6.07, 6.45) is 5.28. The van der Waals surface area contributed by atoms with Gasteiger partial charge in [0.25, 0.3) is 0 Å². The van der Waals surface area contributed by atoms with Crippen molar-refractivity contribution < 1.29 is 9.59 Å². The summed E-state index contributed by atoms with van der Waals surface area (Å²) < 4.78 is 0. The molecule has 3 N–H and O–H groups in total. The van der Waals surface area contributed by atoms with Crippen molar-refractivity contribution in [3.05, 3.63) is 0 Å². The van der Waals surface area contributed by atoms with E-state index in [9.17, 15) is 9.59 Å². The first-order chi connectivity index (χ1) is 8.52. The third kappa shape index (κ3) is 4.74. The van der Waals surface area contributed by atoms with E-state index in [-0.39, 0.29) is 18.2 Å². The lowest BCUT2D eigenvalue weighted by Crippen LogP contribution is -2.45. The predicted octanol–water partition coefficient (Wildman–Crippen LogP) is 1.09. The van der Waals surface area contributed by atoms with Gasteiger partial charge in [-0.2, -0.15) is 5.26 Å². The number of nitrogens with zero attached hydrogens (tertiary/aromatic N) is 1. The van der Waals surface area contributed by atoms with E-state index >= 15 is 0 Å². The minimum Gasteiger partial charge on any atom is -0.368 e. The van der Waals surface area contributed by atoms with Crippen LogP contribution in [0.3, 0.4) is 0 Å². The van der Waals surface area contributed by atoms with Gasteiger partial charge in [-0.15, -0.1) is 0 Å². The molecule has 100 valence electrons. The molecule has 0 heterocycles. The molecule has 5 heteroatoms. The second-order valence-corrected chi connectivity index (χ2v) is 5.14. The zero-order valence-corrected chi connectivity index (χ0v) is 10.8. The van der Waals surface area contributed by atoms with Crippen molar-refractivity contribution in [2.24, 2.45) is 17.6 Å². The first-order valence-corrected chi connectivity index (χ1v) is 6.51. The molecule has 1 saturated carbocycles. The van der Waals surface area contributed by atoms with Crippen LogP contribution in [0.15, 0.2) is 0 Å². The molecule has 0 aromatic rings. The van der Waals surface area contributed by atoms with Gasteiger partial charge in [-0.05, 0) is 32.1 Å². The van der Waals surface area contributed by atoms with Crippen molar-refractivity contribution in [3.63, 3.8) is 0 Å². The van der Waals surface area contributed by atoms with E-state index in [4.69, 9.17) is 11.0 Å². The monoisotopic (exact) mass is 251 g/mol. The van der Waals surface area contributed by atoms with Gasteiger partial charge in [0, 0.05) is 12.3 Å². The Morgan fingerprint density at radius 3 is 2.56 bits per heavy atom. The SMILES string of the molecule is C[C@H](C#N)C[C@H](NC(=O)CC1CCCC1)C(N)=O. The maximum absolute atomic E-state index is 11.8. The fraction of sp³-hybridized carbons (Fsp3) is 0.769. The zero-order chi connectivity index (χ0) is 13.5. The summed E-state index contributed by atoms with van der Waals surface area (Å²) in [7, 11) is 0. The minimum absolute atomic E-state index is 0.129. The van der Waals surface area contributed by atoms with E-state index in [1.807, 2.05) is 6.07 Å². The highest BCUT2D eigenvalue weighted by molar-refractivity contribution is 5.86. The van der Waals surface area contributed by atoms with E-state index in [2.05, 4.69) is 5.32 Å². The van der Waals surface area contributed by atoms with Gasteiger partial charge in [0.05, 0.1) is 6.07 Å². The Morgan fingerprint density at radius 1 is 1.44 bits per heavy atom. The summed E-state index contributed by atoms with van der Waals surface area (Å²) in [6, 6.07) is 1.31. The standard InChI is InChI=1S/C13H21N3O2/c1-9(8-14)6-11(13(15)18)16-12(17)7-10-4-2-3-5-10/h9-11H,2-7H2,1H3,(H2,15,18)(H,16,17)/t9-,11-/m0/s1. The van der Waals surface area contributed by atoms with Crippen LogP contribution >= 0.6 is 0 Å². The molecule has 0 bridgehead atoms. The van der Waals surface area contributed by atoms with Crippen LogP contribution in [0.5, 0.6) is 0 Å². The van der Waals surface area contributed by atoms with Crippen molar-refractivity contribution in [2.45, 2.75) is 51.5 Å². The van der Waals surface area contributed by atoms with E-state index < -0.39 is 11.9 Å². The molecular weight excluding hydrogens is 230 g/mol. The molecule has 1 rings (SSSR count). The molecule has 0 aliphatic heterocycles. The van der Waals surface area contributed by atoms with Crippen molar-refractivity contribution in [1.29, 1.82) is 5.26 Å². The number of hydrogen-bond donors (Lipinski definition) is 2. The molecular formula is C13H21N3O2. The zero-order valence-electron chi connectivity index (χ0n) is 10.8. The average Bonchev–Trinajstić information content (AvgIpc) is 2.80. The fourth-order valence-corrected chi connectivity index (χ4v) is 2.38. The lowest BCUT2D eigenvalue weighted by Gasteiger charge is -2.17. The molecule has 0 radical (unpaired) electrons. The lowest BCUT2D eigenvalue weighted by atomic mass is 10.0. The second kappa shape index (κ2) is 7.00. The summed E-state index contributed by atoms with van der Waals surface area (Å²) in [6.45, 7) is 1.71. The van der Waals surface area contributed by atoms with E-state index in [1.165, 1.54) is 12.8 Å². The van der Waals surface area contributed by atoms with Gasteiger partial charge in [0.15, 0.2) is 0 Å². The maximum Gasteiger partial charge on any atom is 0.240 e. The number of carbonyl (C=O) groups is 2. The van der Waals surface area contributed by atoms with Crippen LogP contribution in [0.1, 0.15) is 45.4 Å². The first kappa shape index (κ1) is 14.5. The molecule has 5 nitrogen and oxygen atoms in total. The normalized spacial score (nSPS) is 18.9. The molecule has 0 aromatic carbocycles. The number of amides is 2. The predicted molar refractivity (Wildman–Crippen MR) is 67.1 cm³/mol. The Bertz CT molecular complexity index is 343. The van der Waals surface area contributed by atoms with Crippen LogP contribution in [-0.2, 0) is 9.59 Å². The average molecular weight is 251 g/mol. The second-order valence-electron chi connectivity index (χ2n) is 5.14. The smallest absolute Gasteiger partial charge is 0.240 e. The van der Waals surface area contributed by atoms with Crippen LogP contribution in [-0.4, -0.2) is 17.9 Å². The topological polar surface area (TPSA) is 96.0 Å². The van der Waals surface area contributed by atoms with Crippen LogP contribution in [0, 0.1) is 23.2 Å². The minimum atomic E-state index is -0.728. The molecule has 2 atom stereocenters. The van der Waals surface area contributed by atoms with Crippen molar-refractivity contribution >= 4 is 11.8 Å². The van der Waals surface area contributed by atoms with Gasteiger partial charge in [-0.1, -0.05) is 12.8 Å². The molecule has 18 heavy (non-hydrogen) atoms. The van der Waals surface area contributed by atoms with Crippen molar-refractivity contribution in [2.75, 3.05) is 0 Å². The van der Waals surface area contributed by atoms with Crippen LogP contribution in [0.25, 0.3) is 0 Å². The molecule has 0 saturated heterocycles. The highest BCUT2D eigenvalue weighted by atomic mass is 16.2. The first-order valence-electron chi connectivity index (χ1n) is 6.51. The number of carbonyl (C=O) groups excluding carboxylic acids is 2. The summed E-state index contributed by atoms with van der Waals surface area (Å²) >= 11 is 0. The molecule has 2 amide bonds. The molecule has 1 aliphatic rings. The van der Waals surface area contributed by atoms with E-state index in [1.54, 1.807) is 6.92 Å². The van der Waals surface area contributed by atoms with Crippen LogP contribution < -0.4 is 11.1 Å². The van der Waals surface area contributed by atoms with E-state index in [0.29, 0.717) is 12.3 Å². The van der Waals surface area contributed by atoms with Gasteiger partial charge in [0.2, 0.25) is 11.8 Å². The van der Waals surface area contributed by atoms with Crippen molar-refractivity contribution in [1.82, 2.24) is 5.32 Å². The molecule has 1 aliphatic carbocycles. The van der Waals surface area contributed by atoms with Gasteiger partial charge in [0.1, 0.15) is 6.04 Å². The third-order valence-electron chi connectivity index (χ3n) is 3.44. The lowest BCUT2D eigenvalue weighted by molar-refractivity contribution is -0.128. The number of nitriles is 1. The summed E-state index contributed by atoms with van der Waals surface area (Å²) in [5.74, 6) is -0.561. The maximum atomic E-state index is 11.8. The number of nitrogens with two attached hydrogens (primary N) is 1. The number of rotatable bonds is 6. The molecule has 1 fully saturated rings. The van der Waals surface area contributed by atoms with Gasteiger partial charge < -0.3 is 11.1 Å². The summed E-state index contributed by atoms with van der Waals surface area (Å²) in [4.78, 5) is 23.0. The van der Waals surface area contributed by atoms with Crippen LogP contribution in [0.4, 0.5) is 0 Å². The van der Waals surface area contributed by atoms with Crippen LogP contribution in [0.2, 0.25) is 0 Å². The van der Waals surface area contributed by atoms with Gasteiger partial charge >= 0.3 is 0 Å². The Labute approximate surface area is 108 Å². The molecule has 0 aromatic heterocycles. The summed E-state index contributed by atoms with van der Waals surface area (Å²) in [5.41, 5.74) is 5.23. The number of nitrogens with one attached hydrogen (secondary N) is 1. The largest absolute Gasteiger partial charge is 0.368 e. The Hall–Kier alpha value is -1.57. The van der Waals surface area contributed by atoms with E-state index in [0.717, 1.165) is 12.8 Å². The third-order valence-corrected chi connectivity index (χ3v) is 3.44. The number of primary amides is 1. The molecule has 0 unspecified atom stereocenters. The Kier molecular flexibility index (Phi) is 5.63. The summed E-state index contributed by atoms with van der Waals surface area (Å²) in [5, 5.41) is 11.4. The Morgan fingerprint density at radius 2 is 2.06 bits per heavy atom. The highest BCUT2D eigenvalue weighted by Crippen LogP contribution is 2.27. The number of hydrogen-bond acceptors (Lipinski definition) is 3. The fourth-order valence-electron chi connectivity index (χ4n) is 2.38. The van der Waals surface area contributed by atoms with Gasteiger partial charge in [-0.3, -0.25) is 9.59 Å². The molecule has 0 spiro atoms. The quantitative estimate of drug-likeness (QED) is 0.739.